The molecule has 1 heterocycles. The van der Waals surface area contributed by atoms with Crippen LogP contribution in [-0.4, -0.2) is 34.5 Å². The third-order valence-electron chi connectivity index (χ3n) is 3.68. The lowest BCUT2D eigenvalue weighted by Crippen LogP contribution is -2.49. The lowest BCUT2D eigenvalue weighted by atomic mass is 9.90. The molecule has 1 saturated heterocycles. The van der Waals surface area contributed by atoms with Crippen LogP contribution in [0.4, 0.5) is 0 Å². The van der Waals surface area contributed by atoms with E-state index in [1.165, 1.54) is 13.8 Å². The molecule has 0 aliphatic carbocycles. The van der Waals surface area contributed by atoms with E-state index in [1.54, 1.807) is 4.90 Å². The van der Waals surface area contributed by atoms with Crippen LogP contribution < -0.4 is 0 Å². The van der Waals surface area contributed by atoms with Crippen LogP contribution in [0.3, 0.4) is 0 Å². The summed E-state index contributed by atoms with van der Waals surface area (Å²) < 4.78 is 0. The van der Waals surface area contributed by atoms with Crippen LogP contribution in [0.2, 0.25) is 0 Å². The maximum atomic E-state index is 12.3. The Hall–Kier alpha value is -1.06. The number of nitrogens with zero attached hydrogens (tertiary/aromatic N) is 1. The third kappa shape index (κ3) is 2.99. The second kappa shape index (κ2) is 5.52. The van der Waals surface area contributed by atoms with E-state index < -0.39 is 11.4 Å². The van der Waals surface area contributed by atoms with Gasteiger partial charge in [-0.25, -0.2) is 0 Å². The predicted molar refractivity (Wildman–Crippen MR) is 65.7 cm³/mol. The molecule has 4 nitrogen and oxygen atoms in total. The molecule has 0 spiro atoms. The molecule has 1 N–H and O–H groups in total. The molecule has 0 bridgehead atoms. The number of rotatable bonds is 3. The smallest absolute Gasteiger partial charge is 0.318 e. The minimum Gasteiger partial charge on any atom is -0.480 e. The Morgan fingerprint density at radius 3 is 2.47 bits per heavy atom. The summed E-state index contributed by atoms with van der Waals surface area (Å²) in [5, 5.41) is 9.12. The zero-order chi connectivity index (χ0) is 13.1. The topological polar surface area (TPSA) is 57.6 Å². The molecule has 0 aromatic carbocycles. The van der Waals surface area contributed by atoms with Gasteiger partial charge in [-0.1, -0.05) is 19.8 Å². The Morgan fingerprint density at radius 2 is 1.94 bits per heavy atom. The van der Waals surface area contributed by atoms with E-state index in [9.17, 15) is 9.59 Å². The van der Waals surface area contributed by atoms with Gasteiger partial charge in [-0.05, 0) is 33.1 Å². The van der Waals surface area contributed by atoms with Gasteiger partial charge in [-0.3, -0.25) is 9.59 Å². The largest absolute Gasteiger partial charge is 0.480 e. The maximum Gasteiger partial charge on any atom is 0.318 e. The zero-order valence-corrected chi connectivity index (χ0v) is 11.0. The number of hydrogen-bond donors (Lipinski definition) is 1. The quantitative estimate of drug-likeness (QED) is 0.771. The van der Waals surface area contributed by atoms with Crippen molar-refractivity contribution in [3.63, 3.8) is 0 Å². The van der Waals surface area contributed by atoms with Crippen molar-refractivity contribution in [2.75, 3.05) is 6.54 Å². The Bertz CT molecular complexity index is 299. The Balaban J connectivity index is 2.87. The molecule has 0 aromatic heterocycles. The van der Waals surface area contributed by atoms with Crippen molar-refractivity contribution in [1.29, 1.82) is 0 Å². The van der Waals surface area contributed by atoms with E-state index in [2.05, 4.69) is 6.92 Å². The van der Waals surface area contributed by atoms with Gasteiger partial charge in [0.15, 0.2) is 0 Å². The van der Waals surface area contributed by atoms with Crippen molar-refractivity contribution in [2.45, 2.75) is 58.9 Å². The Kier molecular flexibility index (Phi) is 4.54. The fourth-order valence-corrected chi connectivity index (χ4v) is 2.32. The summed E-state index contributed by atoms with van der Waals surface area (Å²) in [6.07, 6.45) is 5.15. The van der Waals surface area contributed by atoms with Gasteiger partial charge >= 0.3 is 5.97 Å². The number of carboxylic acid groups (broad SMARTS) is 1. The first-order chi connectivity index (χ1) is 7.91. The summed E-state index contributed by atoms with van der Waals surface area (Å²) in [7, 11) is 0. The number of carbonyl (C=O) groups is 2. The van der Waals surface area contributed by atoms with Gasteiger partial charge < -0.3 is 10.0 Å². The van der Waals surface area contributed by atoms with Gasteiger partial charge in [-0.15, -0.1) is 0 Å². The average molecular weight is 241 g/mol. The van der Waals surface area contributed by atoms with E-state index in [-0.39, 0.29) is 11.9 Å². The zero-order valence-electron chi connectivity index (χ0n) is 11.0. The summed E-state index contributed by atoms with van der Waals surface area (Å²) >= 11 is 0. The van der Waals surface area contributed by atoms with Gasteiger partial charge in [0, 0.05) is 12.6 Å². The minimum atomic E-state index is -1.31. The van der Waals surface area contributed by atoms with E-state index >= 15 is 0 Å². The number of carboxylic acids is 1. The van der Waals surface area contributed by atoms with Gasteiger partial charge in [0.25, 0.3) is 0 Å². The highest BCUT2D eigenvalue weighted by Gasteiger charge is 2.41. The summed E-state index contributed by atoms with van der Waals surface area (Å²) in [6.45, 7) is 5.75. The van der Waals surface area contributed by atoms with E-state index in [0.717, 1.165) is 32.1 Å². The first kappa shape index (κ1) is 14.0. The van der Waals surface area contributed by atoms with Crippen LogP contribution >= 0.6 is 0 Å². The van der Waals surface area contributed by atoms with Gasteiger partial charge in [-0.2, -0.15) is 0 Å². The molecule has 4 heteroatoms. The maximum absolute atomic E-state index is 12.3. The molecule has 0 saturated carbocycles. The van der Waals surface area contributed by atoms with Crippen LogP contribution in [0, 0.1) is 5.41 Å². The van der Waals surface area contributed by atoms with Crippen molar-refractivity contribution >= 4 is 11.9 Å². The molecular formula is C13H23NO3. The van der Waals surface area contributed by atoms with Crippen molar-refractivity contribution in [1.82, 2.24) is 4.90 Å². The standard InChI is InChI=1S/C13H23NO3/c1-4-10-8-6-5-7-9-14(10)11(15)13(2,3)12(16)17/h10H,4-9H2,1-3H3,(H,16,17). The van der Waals surface area contributed by atoms with Gasteiger partial charge in [0.2, 0.25) is 5.91 Å². The number of amides is 1. The van der Waals surface area contributed by atoms with E-state index in [0.29, 0.717) is 6.54 Å². The van der Waals surface area contributed by atoms with Crippen molar-refractivity contribution < 1.29 is 14.7 Å². The first-order valence-corrected chi connectivity index (χ1v) is 6.45. The fraction of sp³-hybridized carbons (Fsp3) is 0.846. The van der Waals surface area contributed by atoms with Crippen molar-refractivity contribution in [3.8, 4) is 0 Å². The Labute approximate surface area is 103 Å². The highest BCUT2D eigenvalue weighted by atomic mass is 16.4. The van der Waals surface area contributed by atoms with Crippen LogP contribution in [0.15, 0.2) is 0 Å². The lowest BCUT2D eigenvalue weighted by Gasteiger charge is -2.34. The van der Waals surface area contributed by atoms with Crippen molar-refractivity contribution in [2.24, 2.45) is 5.41 Å². The third-order valence-corrected chi connectivity index (χ3v) is 3.68. The predicted octanol–water partition coefficient (Wildman–Crippen LogP) is 2.28. The molecule has 17 heavy (non-hydrogen) atoms. The molecule has 1 aliphatic heterocycles. The van der Waals surface area contributed by atoms with Gasteiger partial charge in [0.05, 0.1) is 0 Å². The van der Waals surface area contributed by atoms with E-state index in [1.807, 2.05) is 0 Å². The van der Waals surface area contributed by atoms with Crippen LogP contribution in [-0.2, 0) is 9.59 Å². The minimum absolute atomic E-state index is 0.212. The fourth-order valence-electron chi connectivity index (χ4n) is 2.32. The number of carbonyl (C=O) groups excluding carboxylic acids is 1. The highest BCUT2D eigenvalue weighted by Crippen LogP contribution is 2.26. The number of hydrogen-bond acceptors (Lipinski definition) is 2. The summed E-state index contributed by atoms with van der Waals surface area (Å²) in [5.41, 5.74) is -1.31. The molecule has 0 radical (unpaired) electrons. The van der Waals surface area contributed by atoms with Gasteiger partial charge in [0.1, 0.15) is 5.41 Å². The molecule has 1 fully saturated rings. The molecule has 1 aliphatic rings. The number of likely N-dealkylation sites (tertiary alicyclic amines) is 1. The SMILES string of the molecule is CCC1CCCCCN1C(=O)C(C)(C)C(=O)O. The summed E-state index contributed by atoms with van der Waals surface area (Å²) in [6, 6.07) is 0.212. The van der Waals surface area contributed by atoms with Crippen LogP contribution in [0.5, 0.6) is 0 Å². The molecule has 1 unspecified atom stereocenters. The molecule has 1 rings (SSSR count). The molecule has 1 atom stereocenters. The van der Waals surface area contributed by atoms with Crippen LogP contribution in [0.1, 0.15) is 52.9 Å². The molecule has 1 amide bonds. The lowest BCUT2D eigenvalue weighted by molar-refractivity contribution is -0.159. The normalized spacial score (nSPS) is 22.1. The first-order valence-electron chi connectivity index (χ1n) is 6.45. The Morgan fingerprint density at radius 1 is 1.29 bits per heavy atom. The second-order valence-corrected chi connectivity index (χ2v) is 5.34. The monoisotopic (exact) mass is 241 g/mol. The molecular weight excluding hydrogens is 218 g/mol. The summed E-state index contributed by atoms with van der Waals surface area (Å²) in [5.74, 6) is -1.28. The number of aliphatic carboxylic acids is 1. The average Bonchev–Trinajstić information content (AvgIpc) is 2.52. The van der Waals surface area contributed by atoms with Crippen molar-refractivity contribution in [3.05, 3.63) is 0 Å². The summed E-state index contributed by atoms with van der Waals surface area (Å²) in [4.78, 5) is 25.3. The highest BCUT2D eigenvalue weighted by molar-refractivity contribution is 6.01. The van der Waals surface area contributed by atoms with Crippen LogP contribution in [0.25, 0.3) is 0 Å². The second-order valence-electron chi connectivity index (χ2n) is 5.34. The molecule has 98 valence electrons. The van der Waals surface area contributed by atoms with E-state index in [4.69, 9.17) is 5.11 Å². The molecule has 0 aromatic rings.